The Balaban J connectivity index is 1.69. The van der Waals surface area contributed by atoms with E-state index in [9.17, 15) is 4.79 Å². The van der Waals surface area contributed by atoms with E-state index in [1.54, 1.807) is 0 Å². The van der Waals surface area contributed by atoms with Crippen molar-refractivity contribution in [3.05, 3.63) is 40.4 Å². The summed E-state index contributed by atoms with van der Waals surface area (Å²) in [5.41, 5.74) is 6.56. The summed E-state index contributed by atoms with van der Waals surface area (Å²) < 4.78 is 1.10. The van der Waals surface area contributed by atoms with Gasteiger partial charge in [0.25, 0.3) is 0 Å². The van der Waals surface area contributed by atoms with E-state index in [0.717, 1.165) is 43.4 Å². The number of primary amides is 1. The summed E-state index contributed by atoms with van der Waals surface area (Å²) in [6.07, 6.45) is 7.22. The number of rotatable bonds is 5. The Morgan fingerprint density at radius 3 is 2.55 bits per heavy atom. The second kappa shape index (κ2) is 7.60. The molecule has 0 spiro atoms. The molecule has 0 saturated carbocycles. The molecular formula is C16H21BrN2O. The average Bonchev–Trinajstić information content (AvgIpc) is 2.46. The lowest BCUT2D eigenvalue weighted by molar-refractivity contribution is -0.123. The van der Waals surface area contributed by atoms with Crippen LogP contribution in [-0.2, 0) is 4.79 Å². The summed E-state index contributed by atoms with van der Waals surface area (Å²) in [7, 11) is 0. The number of nitrogens with zero attached hydrogens (tertiary/aromatic N) is 1. The van der Waals surface area contributed by atoms with Gasteiger partial charge in [-0.05, 0) is 50.0 Å². The smallest absolute Gasteiger partial charge is 0.220 e. The molecule has 4 heteroatoms. The fourth-order valence-electron chi connectivity index (χ4n) is 2.49. The van der Waals surface area contributed by atoms with Gasteiger partial charge in [-0.15, -0.1) is 0 Å². The maximum Gasteiger partial charge on any atom is 0.220 e. The van der Waals surface area contributed by atoms with Gasteiger partial charge < -0.3 is 10.6 Å². The van der Waals surface area contributed by atoms with Crippen LogP contribution in [0.1, 0.15) is 24.8 Å². The van der Waals surface area contributed by atoms with Gasteiger partial charge in [0, 0.05) is 16.9 Å². The van der Waals surface area contributed by atoms with Crippen LogP contribution in [-0.4, -0.2) is 30.4 Å². The second-order valence-corrected chi connectivity index (χ2v) is 6.18. The number of hydrogen-bond donors (Lipinski definition) is 1. The molecule has 1 aliphatic heterocycles. The van der Waals surface area contributed by atoms with Gasteiger partial charge in [-0.3, -0.25) is 4.79 Å². The van der Waals surface area contributed by atoms with Crippen molar-refractivity contribution in [2.45, 2.75) is 19.3 Å². The van der Waals surface area contributed by atoms with E-state index in [0.29, 0.717) is 0 Å². The van der Waals surface area contributed by atoms with Gasteiger partial charge in [0.1, 0.15) is 0 Å². The van der Waals surface area contributed by atoms with Crippen molar-refractivity contribution in [2.75, 3.05) is 19.6 Å². The molecule has 1 aliphatic rings. The Morgan fingerprint density at radius 2 is 1.95 bits per heavy atom. The molecule has 0 aromatic heterocycles. The summed E-state index contributed by atoms with van der Waals surface area (Å²) in [5, 5.41) is 0. The molecule has 0 radical (unpaired) electrons. The minimum Gasteiger partial charge on any atom is -0.369 e. The zero-order valence-corrected chi connectivity index (χ0v) is 13.2. The largest absolute Gasteiger partial charge is 0.369 e. The molecule has 3 nitrogen and oxygen atoms in total. The van der Waals surface area contributed by atoms with Crippen LogP contribution in [0, 0.1) is 5.92 Å². The van der Waals surface area contributed by atoms with Crippen molar-refractivity contribution >= 4 is 27.9 Å². The minimum absolute atomic E-state index is 0.0876. The molecule has 108 valence electrons. The molecule has 1 aromatic rings. The van der Waals surface area contributed by atoms with Crippen LogP contribution >= 0.6 is 15.9 Å². The van der Waals surface area contributed by atoms with E-state index in [1.165, 1.54) is 5.56 Å². The maximum absolute atomic E-state index is 11.1. The zero-order chi connectivity index (χ0) is 14.4. The summed E-state index contributed by atoms with van der Waals surface area (Å²) in [6, 6.07) is 8.29. The number of piperidine rings is 1. The first-order valence-corrected chi connectivity index (χ1v) is 7.88. The van der Waals surface area contributed by atoms with Crippen molar-refractivity contribution in [2.24, 2.45) is 11.7 Å². The first-order valence-electron chi connectivity index (χ1n) is 7.09. The lowest BCUT2D eigenvalue weighted by atomic mass is 9.96. The van der Waals surface area contributed by atoms with Gasteiger partial charge in [0.2, 0.25) is 5.91 Å². The highest BCUT2D eigenvalue weighted by Gasteiger charge is 2.22. The quantitative estimate of drug-likeness (QED) is 0.898. The van der Waals surface area contributed by atoms with Crippen molar-refractivity contribution in [1.82, 2.24) is 4.90 Å². The van der Waals surface area contributed by atoms with Crippen LogP contribution in [0.3, 0.4) is 0 Å². The number of likely N-dealkylation sites (tertiary alicyclic amines) is 1. The van der Waals surface area contributed by atoms with E-state index in [-0.39, 0.29) is 11.8 Å². The van der Waals surface area contributed by atoms with Gasteiger partial charge in [0.05, 0.1) is 0 Å². The standard InChI is InChI=1S/C16H21BrN2O/c17-15-6-4-13(5-7-15)3-1-2-10-19-11-8-14(9-12-19)16(18)20/h1,3-7,14H,2,8-12H2,(H2,18,20)/b3-1-. The van der Waals surface area contributed by atoms with Crippen molar-refractivity contribution in [1.29, 1.82) is 0 Å². The van der Waals surface area contributed by atoms with Crippen LogP contribution in [0.15, 0.2) is 34.8 Å². The second-order valence-electron chi connectivity index (χ2n) is 5.26. The molecule has 20 heavy (non-hydrogen) atoms. The summed E-state index contributed by atoms with van der Waals surface area (Å²) in [5.74, 6) is -0.0515. The highest BCUT2D eigenvalue weighted by Crippen LogP contribution is 2.17. The molecule has 0 bridgehead atoms. The van der Waals surface area contributed by atoms with Crippen LogP contribution < -0.4 is 5.73 Å². The normalized spacial score (nSPS) is 17.6. The first kappa shape index (κ1) is 15.3. The predicted octanol–water partition coefficient (Wildman–Crippen LogP) is 3.05. The van der Waals surface area contributed by atoms with Crippen LogP contribution in [0.2, 0.25) is 0 Å². The molecule has 1 saturated heterocycles. The van der Waals surface area contributed by atoms with Crippen LogP contribution in [0.4, 0.5) is 0 Å². The van der Waals surface area contributed by atoms with Gasteiger partial charge >= 0.3 is 0 Å². The fourth-order valence-corrected chi connectivity index (χ4v) is 2.76. The highest BCUT2D eigenvalue weighted by atomic mass is 79.9. The van der Waals surface area contributed by atoms with E-state index < -0.39 is 0 Å². The number of carbonyl (C=O) groups excluding carboxylic acids is 1. The van der Waals surface area contributed by atoms with Gasteiger partial charge in [-0.25, -0.2) is 0 Å². The number of carbonyl (C=O) groups is 1. The number of nitrogens with two attached hydrogens (primary N) is 1. The van der Waals surface area contributed by atoms with Crippen molar-refractivity contribution in [3.63, 3.8) is 0 Å². The lowest BCUT2D eigenvalue weighted by Crippen LogP contribution is -2.38. The summed E-state index contributed by atoms with van der Waals surface area (Å²) in [6.45, 7) is 3.03. The van der Waals surface area contributed by atoms with E-state index in [2.05, 4.69) is 45.1 Å². The Bertz CT molecular complexity index is 462. The molecule has 1 heterocycles. The highest BCUT2D eigenvalue weighted by molar-refractivity contribution is 9.10. The zero-order valence-electron chi connectivity index (χ0n) is 11.6. The third-order valence-corrected chi connectivity index (χ3v) is 4.31. The Kier molecular flexibility index (Phi) is 5.80. The number of halogens is 1. The minimum atomic E-state index is -0.139. The Morgan fingerprint density at radius 1 is 1.30 bits per heavy atom. The van der Waals surface area contributed by atoms with Crippen LogP contribution in [0.5, 0.6) is 0 Å². The molecule has 0 aliphatic carbocycles. The van der Waals surface area contributed by atoms with Crippen LogP contribution in [0.25, 0.3) is 6.08 Å². The third kappa shape index (κ3) is 4.76. The summed E-state index contributed by atoms with van der Waals surface area (Å²) in [4.78, 5) is 13.5. The molecule has 2 N–H and O–H groups in total. The predicted molar refractivity (Wildman–Crippen MR) is 86.2 cm³/mol. The van der Waals surface area contributed by atoms with Gasteiger partial charge in [-0.2, -0.15) is 0 Å². The van der Waals surface area contributed by atoms with Crippen molar-refractivity contribution < 1.29 is 4.79 Å². The average molecular weight is 337 g/mol. The monoisotopic (exact) mass is 336 g/mol. The number of benzene rings is 1. The van der Waals surface area contributed by atoms with E-state index >= 15 is 0 Å². The lowest BCUT2D eigenvalue weighted by Gasteiger charge is -2.30. The van der Waals surface area contributed by atoms with Gasteiger partial charge in [0.15, 0.2) is 0 Å². The third-order valence-electron chi connectivity index (χ3n) is 3.78. The molecule has 2 rings (SSSR count). The Hall–Kier alpha value is -1.13. The van der Waals surface area contributed by atoms with E-state index in [4.69, 9.17) is 5.73 Å². The molecule has 0 atom stereocenters. The first-order chi connectivity index (χ1) is 9.65. The number of amides is 1. The van der Waals surface area contributed by atoms with Crippen molar-refractivity contribution in [3.8, 4) is 0 Å². The molecule has 0 unspecified atom stereocenters. The number of hydrogen-bond acceptors (Lipinski definition) is 2. The molecule has 1 fully saturated rings. The maximum atomic E-state index is 11.1. The Labute approximate surface area is 129 Å². The SMILES string of the molecule is NC(=O)C1CCN(CC/C=C\c2ccc(Br)cc2)CC1. The topological polar surface area (TPSA) is 46.3 Å². The fraction of sp³-hybridized carbons (Fsp3) is 0.438. The van der Waals surface area contributed by atoms with Gasteiger partial charge in [-0.1, -0.05) is 40.2 Å². The van der Waals surface area contributed by atoms with E-state index in [1.807, 2.05) is 12.1 Å². The molecule has 1 aromatic carbocycles. The molecule has 1 amide bonds. The summed E-state index contributed by atoms with van der Waals surface area (Å²) >= 11 is 3.43. The molecular weight excluding hydrogens is 316 g/mol.